The number of nitrogens with zero attached hydrogens (tertiary/aromatic N) is 2. The first kappa shape index (κ1) is 21.7. The number of fused-ring (bicyclic) bond motifs is 7. The molecule has 172 valence electrons. The van der Waals surface area contributed by atoms with E-state index in [9.17, 15) is 0 Å². The van der Waals surface area contributed by atoms with Gasteiger partial charge in [0.15, 0.2) is 0 Å². The summed E-state index contributed by atoms with van der Waals surface area (Å²) < 4.78 is 2.54. The summed E-state index contributed by atoms with van der Waals surface area (Å²) in [4.78, 5) is 6.28. The highest BCUT2D eigenvalue weighted by Crippen LogP contribution is 2.45. The Morgan fingerprint density at radius 3 is 2.43 bits per heavy atom. The maximum absolute atomic E-state index is 4.98. The molecule has 0 saturated carbocycles. The first-order valence-electron chi connectivity index (χ1n) is 12.1. The lowest BCUT2D eigenvalue weighted by molar-refractivity contribution is 0.411. The van der Waals surface area contributed by atoms with Crippen LogP contribution in [0.1, 0.15) is 31.9 Å². The molecule has 7 aromatic rings. The lowest BCUT2D eigenvalue weighted by Gasteiger charge is -2.19. The highest BCUT2D eigenvalue weighted by molar-refractivity contribution is 14.2. The standard InChI is InChI=1S/C31H25IN2S/c1-17-21-10-8-18(16-31(2,3)4)14-20(21)15-24-27-26-19(12-13-33-27)9-11-23-22-6-5-7-25(35-32)29(22)34(28(17)24)30(23)26/h5-15H,16H2,1-4H3. The minimum absolute atomic E-state index is 0.256. The van der Waals surface area contributed by atoms with Gasteiger partial charge in [-0.25, -0.2) is 0 Å². The van der Waals surface area contributed by atoms with Crippen LogP contribution in [-0.2, 0) is 6.42 Å². The topological polar surface area (TPSA) is 17.3 Å². The highest BCUT2D eigenvalue weighted by Gasteiger charge is 2.22. The minimum atomic E-state index is 0.256. The van der Waals surface area contributed by atoms with Gasteiger partial charge in [-0.15, -0.1) is 0 Å². The molecule has 2 nitrogen and oxygen atoms in total. The fourth-order valence-corrected chi connectivity index (χ4v) is 7.56. The fraction of sp³-hybridized carbons (Fsp3) is 0.194. The van der Waals surface area contributed by atoms with E-state index in [0.29, 0.717) is 0 Å². The molecule has 0 aliphatic heterocycles. The molecule has 7 rings (SSSR count). The monoisotopic (exact) mass is 584 g/mol. The van der Waals surface area contributed by atoms with Crippen LogP contribution in [0, 0.1) is 12.3 Å². The molecule has 0 radical (unpaired) electrons. The van der Waals surface area contributed by atoms with E-state index in [2.05, 4.69) is 114 Å². The van der Waals surface area contributed by atoms with Crippen LogP contribution in [0.25, 0.3) is 59.8 Å². The summed E-state index contributed by atoms with van der Waals surface area (Å²) >= 11 is 2.42. The molecule has 0 spiro atoms. The summed E-state index contributed by atoms with van der Waals surface area (Å²) in [5.74, 6) is 0. The molecule has 3 aromatic heterocycles. The van der Waals surface area contributed by atoms with Gasteiger partial charge < -0.3 is 4.40 Å². The number of hydrogen-bond acceptors (Lipinski definition) is 2. The molecule has 4 aromatic carbocycles. The summed E-state index contributed by atoms with van der Waals surface area (Å²) in [6.07, 6.45) is 3.03. The minimum Gasteiger partial charge on any atom is -0.306 e. The number of aromatic nitrogens is 2. The number of pyridine rings is 2. The third kappa shape index (κ3) is 3.05. The van der Waals surface area contributed by atoms with E-state index in [1.807, 2.05) is 6.20 Å². The summed E-state index contributed by atoms with van der Waals surface area (Å²) in [5.41, 5.74) is 7.94. The van der Waals surface area contributed by atoms with Crippen LogP contribution < -0.4 is 0 Å². The molecular weight excluding hydrogens is 559 g/mol. The van der Waals surface area contributed by atoms with Crippen molar-refractivity contribution in [3.05, 3.63) is 78.0 Å². The van der Waals surface area contributed by atoms with Crippen molar-refractivity contribution >= 4 is 89.9 Å². The molecule has 0 saturated heterocycles. The molecule has 3 heterocycles. The maximum Gasteiger partial charge on any atom is 0.0823 e. The average molecular weight is 585 g/mol. The van der Waals surface area contributed by atoms with Crippen LogP contribution in [0.3, 0.4) is 0 Å². The molecular formula is C31H25IN2S. The van der Waals surface area contributed by atoms with Crippen LogP contribution >= 0.6 is 30.1 Å². The largest absolute Gasteiger partial charge is 0.306 e. The van der Waals surface area contributed by atoms with E-state index in [1.165, 1.54) is 70.3 Å². The zero-order valence-corrected chi connectivity index (χ0v) is 23.2. The Bertz CT molecular complexity index is 1960. The van der Waals surface area contributed by atoms with Gasteiger partial charge in [-0.2, -0.15) is 0 Å². The Morgan fingerprint density at radius 1 is 0.829 bits per heavy atom. The van der Waals surface area contributed by atoms with Crippen LogP contribution in [0.15, 0.2) is 71.8 Å². The molecule has 0 aliphatic carbocycles. The Hall–Kier alpha value is -2.57. The molecule has 0 N–H and O–H groups in total. The van der Waals surface area contributed by atoms with Crippen molar-refractivity contribution in [2.75, 3.05) is 0 Å². The Kier molecular flexibility index (Phi) is 4.63. The van der Waals surface area contributed by atoms with E-state index < -0.39 is 0 Å². The van der Waals surface area contributed by atoms with Gasteiger partial charge in [0.05, 0.1) is 22.1 Å². The van der Waals surface area contributed by atoms with E-state index in [1.54, 1.807) is 8.93 Å². The van der Waals surface area contributed by atoms with Crippen molar-refractivity contribution < 1.29 is 0 Å². The first-order valence-corrected chi connectivity index (χ1v) is 15.4. The van der Waals surface area contributed by atoms with Gasteiger partial charge >= 0.3 is 0 Å². The van der Waals surface area contributed by atoms with Gasteiger partial charge in [0.2, 0.25) is 0 Å². The van der Waals surface area contributed by atoms with Crippen LogP contribution in [-0.4, -0.2) is 9.38 Å². The number of hydrogen-bond donors (Lipinski definition) is 0. The summed E-state index contributed by atoms with van der Waals surface area (Å²) in [6.45, 7) is 9.21. The van der Waals surface area contributed by atoms with Gasteiger partial charge in [-0.1, -0.05) is 72.2 Å². The van der Waals surface area contributed by atoms with Crippen molar-refractivity contribution in [1.82, 2.24) is 9.38 Å². The second-order valence-corrected chi connectivity index (χ2v) is 12.9. The molecule has 4 heteroatoms. The number of halogens is 1. The van der Waals surface area contributed by atoms with E-state index in [0.717, 1.165) is 11.9 Å². The molecule has 35 heavy (non-hydrogen) atoms. The number of aryl methyl sites for hydroxylation is 1. The maximum atomic E-state index is 4.98. The fourth-order valence-electron chi connectivity index (χ4n) is 6.09. The third-order valence-corrected chi connectivity index (χ3v) is 9.29. The first-order chi connectivity index (χ1) is 16.9. The summed E-state index contributed by atoms with van der Waals surface area (Å²) in [7, 11) is 1.79. The van der Waals surface area contributed by atoms with Gasteiger partial charge in [-0.3, -0.25) is 4.98 Å². The third-order valence-electron chi connectivity index (χ3n) is 7.37. The normalized spacial score (nSPS) is 12.9. The lowest BCUT2D eigenvalue weighted by Crippen LogP contribution is -2.09. The highest BCUT2D eigenvalue weighted by atomic mass is 127. The molecule has 0 fully saturated rings. The molecule has 0 aliphatic rings. The van der Waals surface area contributed by atoms with Gasteiger partial charge in [0.25, 0.3) is 0 Å². The van der Waals surface area contributed by atoms with Crippen LogP contribution in [0.2, 0.25) is 0 Å². The molecule has 0 atom stereocenters. The predicted octanol–water partition coefficient (Wildman–Crippen LogP) is 9.88. The van der Waals surface area contributed by atoms with E-state index in [4.69, 9.17) is 4.98 Å². The Labute approximate surface area is 220 Å². The van der Waals surface area contributed by atoms with Crippen molar-refractivity contribution in [2.45, 2.75) is 39.0 Å². The molecule has 0 amide bonds. The van der Waals surface area contributed by atoms with E-state index >= 15 is 0 Å². The molecule has 0 unspecified atom stereocenters. The summed E-state index contributed by atoms with van der Waals surface area (Å²) in [6, 6.07) is 22.8. The van der Waals surface area contributed by atoms with Gasteiger partial charge in [0, 0.05) is 53.8 Å². The predicted molar refractivity (Wildman–Crippen MR) is 162 cm³/mol. The zero-order chi connectivity index (χ0) is 24.1. The van der Waals surface area contributed by atoms with Gasteiger partial charge in [-0.05, 0) is 64.2 Å². The smallest absolute Gasteiger partial charge is 0.0823 e. The SMILES string of the molecule is Cc1c2ccc(CC(C)(C)C)cc2cc2c3nccc4ccc5c6cccc(SI)c6n(c12)c5c43. The lowest BCUT2D eigenvalue weighted by atomic mass is 9.87. The number of rotatable bonds is 2. The van der Waals surface area contributed by atoms with Gasteiger partial charge in [0.1, 0.15) is 0 Å². The van der Waals surface area contributed by atoms with Crippen LogP contribution in [0.5, 0.6) is 0 Å². The Balaban J connectivity index is 1.76. The van der Waals surface area contributed by atoms with Crippen molar-refractivity contribution in [1.29, 1.82) is 0 Å². The quantitative estimate of drug-likeness (QED) is 0.114. The molecule has 0 bridgehead atoms. The average Bonchev–Trinajstić information content (AvgIpc) is 3.17. The van der Waals surface area contributed by atoms with Crippen molar-refractivity contribution in [2.24, 2.45) is 5.41 Å². The zero-order valence-electron chi connectivity index (χ0n) is 20.2. The van der Waals surface area contributed by atoms with E-state index in [-0.39, 0.29) is 5.41 Å². The number of benzene rings is 4. The summed E-state index contributed by atoms with van der Waals surface area (Å²) in [5, 5.41) is 8.99. The second-order valence-electron chi connectivity index (χ2n) is 11.0. The van der Waals surface area contributed by atoms with Crippen LogP contribution in [0.4, 0.5) is 0 Å². The van der Waals surface area contributed by atoms with Crippen molar-refractivity contribution in [3.8, 4) is 0 Å². The number of para-hydroxylation sites is 1. The Morgan fingerprint density at radius 2 is 1.63 bits per heavy atom. The second kappa shape index (κ2) is 7.47. The van der Waals surface area contributed by atoms with Crippen molar-refractivity contribution in [3.63, 3.8) is 0 Å².